The van der Waals surface area contributed by atoms with Gasteiger partial charge in [-0.3, -0.25) is 4.79 Å². The first-order valence-electron chi connectivity index (χ1n) is 6.34. The van der Waals surface area contributed by atoms with Gasteiger partial charge < -0.3 is 24.3 Å². The lowest BCUT2D eigenvalue weighted by Gasteiger charge is -2.16. The number of nitrogens with one attached hydrogen (secondary N) is 1. The maximum absolute atomic E-state index is 11.8. The number of methoxy groups -OCH3 is 1. The van der Waals surface area contributed by atoms with Crippen LogP contribution in [-0.4, -0.2) is 65.3 Å². The Kier molecular flexibility index (Phi) is 7.91. The van der Waals surface area contributed by atoms with E-state index in [9.17, 15) is 4.79 Å². The molecule has 0 saturated carbocycles. The number of carbonyl (C=O) groups excluding carboxylic acids is 1. The van der Waals surface area contributed by atoms with Gasteiger partial charge in [-0.25, -0.2) is 0 Å². The maximum atomic E-state index is 11.8. The Morgan fingerprint density at radius 3 is 2.78 bits per heavy atom. The van der Waals surface area contributed by atoms with Gasteiger partial charge in [0.1, 0.15) is 6.61 Å². The second-order valence-electron chi connectivity index (χ2n) is 4.08. The van der Waals surface area contributed by atoms with E-state index < -0.39 is 0 Å². The van der Waals surface area contributed by atoms with Crippen LogP contribution in [0.4, 0.5) is 0 Å². The molecule has 0 aromatic carbocycles. The fourth-order valence-corrected chi connectivity index (χ4v) is 1.80. The van der Waals surface area contributed by atoms with Gasteiger partial charge in [-0.2, -0.15) is 0 Å². The van der Waals surface area contributed by atoms with Crippen molar-refractivity contribution in [3.05, 3.63) is 0 Å². The second kappa shape index (κ2) is 9.27. The molecule has 18 heavy (non-hydrogen) atoms. The number of hydrogen-bond acceptors (Lipinski definition) is 6. The fourth-order valence-electron chi connectivity index (χ4n) is 1.80. The van der Waals surface area contributed by atoms with Gasteiger partial charge in [-0.05, 0) is 6.54 Å². The van der Waals surface area contributed by atoms with Crippen LogP contribution in [0.25, 0.3) is 0 Å². The lowest BCUT2D eigenvalue weighted by Crippen LogP contribution is -2.40. The highest BCUT2D eigenvalue weighted by Gasteiger charge is 2.34. The number of esters is 1. The predicted molar refractivity (Wildman–Crippen MR) is 65.4 cm³/mol. The molecule has 1 aliphatic heterocycles. The molecule has 6 heteroatoms. The summed E-state index contributed by atoms with van der Waals surface area (Å²) in [7, 11) is 1.62. The van der Waals surface area contributed by atoms with E-state index in [1.54, 1.807) is 7.11 Å². The molecule has 0 aliphatic carbocycles. The van der Waals surface area contributed by atoms with E-state index in [0.717, 1.165) is 6.54 Å². The third-order valence-corrected chi connectivity index (χ3v) is 2.75. The van der Waals surface area contributed by atoms with Gasteiger partial charge in [0.25, 0.3) is 0 Å². The molecule has 6 nitrogen and oxygen atoms in total. The molecule has 1 fully saturated rings. The van der Waals surface area contributed by atoms with E-state index in [1.165, 1.54) is 0 Å². The van der Waals surface area contributed by atoms with Gasteiger partial charge in [-0.15, -0.1) is 0 Å². The summed E-state index contributed by atoms with van der Waals surface area (Å²) >= 11 is 0. The molecule has 0 amide bonds. The Bertz CT molecular complexity index is 237. The number of rotatable bonds is 9. The molecule has 0 radical (unpaired) electrons. The predicted octanol–water partition coefficient (Wildman–Crippen LogP) is -0.183. The maximum Gasteiger partial charge on any atom is 0.313 e. The molecule has 1 N–H and O–H groups in total. The number of likely N-dealkylation sites (N-methyl/N-ethyl adjacent to an activating group) is 1. The van der Waals surface area contributed by atoms with Gasteiger partial charge in [0, 0.05) is 13.2 Å². The van der Waals surface area contributed by atoms with Crippen LogP contribution in [0.2, 0.25) is 0 Å². The van der Waals surface area contributed by atoms with Crippen molar-refractivity contribution in [3.8, 4) is 0 Å². The summed E-state index contributed by atoms with van der Waals surface area (Å²) in [4.78, 5) is 11.8. The molecule has 1 rings (SSSR count). The van der Waals surface area contributed by atoms with Crippen LogP contribution in [0, 0.1) is 5.92 Å². The largest absolute Gasteiger partial charge is 0.463 e. The fraction of sp³-hybridized carbons (Fsp3) is 0.917. The molecule has 106 valence electrons. The minimum Gasteiger partial charge on any atom is -0.463 e. The summed E-state index contributed by atoms with van der Waals surface area (Å²) in [6, 6.07) is 0.0666. The van der Waals surface area contributed by atoms with Crippen LogP contribution >= 0.6 is 0 Å². The summed E-state index contributed by atoms with van der Waals surface area (Å²) in [5, 5.41) is 3.22. The van der Waals surface area contributed by atoms with E-state index in [-0.39, 0.29) is 24.5 Å². The summed E-state index contributed by atoms with van der Waals surface area (Å²) in [6.07, 6.45) is 0. The zero-order valence-corrected chi connectivity index (χ0v) is 11.1. The normalized spacial score (nSPS) is 23.2. The molecular formula is C12H23NO5. The summed E-state index contributed by atoms with van der Waals surface area (Å²) in [6.45, 7) is 5.56. The van der Waals surface area contributed by atoms with Crippen molar-refractivity contribution in [3.63, 3.8) is 0 Å². The van der Waals surface area contributed by atoms with Gasteiger partial charge >= 0.3 is 5.97 Å². The van der Waals surface area contributed by atoms with Crippen LogP contribution in [0.3, 0.4) is 0 Å². The first-order chi connectivity index (χ1) is 8.79. The van der Waals surface area contributed by atoms with Gasteiger partial charge in [0.05, 0.1) is 39.0 Å². The molecule has 1 heterocycles. The minimum absolute atomic E-state index is 0.0666. The van der Waals surface area contributed by atoms with Crippen molar-refractivity contribution in [1.82, 2.24) is 5.32 Å². The highest BCUT2D eigenvalue weighted by Crippen LogP contribution is 2.15. The topological polar surface area (TPSA) is 66.0 Å². The third-order valence-electron chi connectivity index (χ3n) is 2.75. The Morgan fingerprint density at radius 1 is 1.28 bits per heavy atom. The molecule has 0 aromatic heterocycles. The third kappa shape index (κ3) is 5.30. The molecule has 1 saturated heterocycles. The van der Waals surface area contributed by atoms with Crippen molar-refractivity contribution in [2.24, 2.45) is 5.92 Å². The van der Waals surface area contributed by atoms with Crippen LogP contribution in [-0.2, 0) is 23.7 Å². The smallest absolute Gasteiger partial charge is 0.313 e. The van der Waals surface area contributed by atoms with Crippen molar-refractivity contribution < 1.29 is 23.7 Å². The van der Waals surface area contributed by atoms with Crippen LogP contribution in [0.1, 0.15) is 6.92 Å². The first kappa shape index (κ1) is 15.4. The molecule has 0 bridgehead atoms. The number of ether oxygens (including phenoxy) is 4. The second-order valence-corrected chi connectivity index (χ2v) is 4.08. The highest BCUT2D eigenvalue weighted by atomic mass is 16.6. The summed E-state index contributed by atoms with van der Waals surface area (Å²) in [5.74, 6) is -0.419. The van der Waals surface area contributed by atoms with Crippen LogP contribution in [0.5, 0.6) is 0 Å². The van der Waals surface area contributed by atoms with Crippen molar-refractivity contribution >= 4 is 5.97 Å². The lowest BCUT2D eigenvalue weighted by molar-refractivity contribution is -0.150. The Hall–Kier alpha value is -0.690. The van der Waals surface area contributed by atoms with Crippen molar-refractivity contribution in [2.45, 2.75) is 13.0 Å². The molecule has 2 atom stereocenters. The molecule has 0 aromatic rings. The van der Waals surface area contributed by atoms with Gasteiger partial charge in [0.2, 0.25) is 0 Å². The average Bonchev–Trinajstić information content (AvgIpc) is 2.82. The van der Waals surface area contributed by atoms with Crippen LogP contribution < -0.4 is 5.32 Å². The number of hydrogen-bond donors (Lipinski definition) is 1. The van der Waals surface area contributed by atoms with E-state index in [0.29, 0.717) is 33.0 Å². The van der Waals surface area contributed by atoms with Gasteiger partial charge in [-0.1, -0.05) is 6.92 Å². The zero-order chi connectivity index (χ0) is 13.2. The Balaban J connectivity index is 2.12. The monoisotopic (exact) mass is 261 g/mol. The average molecular weight is 261 g/mol. The highest BCUT2D eigenvalue weighted by molar-refractivity contribution is 5.73. The number of carbonyl (C=O) groups is 1. The van der Waals surface area contributed by atoms with Crippen LogP contribution in [0.15, 0.2) is 0 Å². The van der Waals surface area contributed by atoms with Crippen molar-refractivity contribution in [1.29, 1.82) is 0 Å². The van der Waals surface area contributed by atoms with E-state index in [1.807, 2.05) is 6.92 Å². The van der Waals surface area contributed by atoms with E-state index >= 15 is 0 Å². The summed E-state index contributed by atoms with van der Waals surface area (Å²) in [5.41, 5.74) is 0. The van der Waals surface area contributed by atoms with E-state index in [2.05, 4.69) is 5.32 Å². The molecule has 2 unspecified atom stereocenters. The first-order valence-corrected chi connectivity index (χ1v) is 6.34. The zero-order valence-electron chi connectivity index (χ0n) is 11.1. The standard InChI is InChI=1S/C12H23NO5/c1-3-13-11-9-17-8-10(11)12(14)18-7-6-16-5-4-15-2/h10-11,13H,3-9H2,1-2H3. The lowest BCUT2D eigenvalue weighted by atomic mass is 10.0. The summed E-state index contributed by atoms with van der Waals surface area (Å²) < 4.78 is 20.5. The SMILES string of the molecule is CCNC1COCC1C(=O)OCCOCCOC. The van der Waals surface area contributed by atoms with Gasteiger partial charge in [0.15, 0.2) is 0 Å². The Labute approximate surface area is 108 Å². The molecule has 1 aliphatic rings. The minimum atomic E-state index is -0.214. The molecular weight excluding hydrogens is 238 g/mol. The quantitative estimate of drug-likeness (QED) is 0.459. The van der Waals surface area contributed by atoms with E-state index in [4.69, 9.17) is 18.9 Å². The Morgan fingerprint density at radius 2 is 2.06 bits per heavy atom. The van der Waals surface area contributed by atoms with Crippen molar-refractivity contribution in [2.75, 3.05) is 53.3 Å². The molecule has 0 spiro atoms.